The summed E-state index contributed by atoms with van der Waals surface area (Å²) < 4.78 is 13.3. The van der Waals surface area contributed by atoms with Crippen LogP contribution in [0.1, 0.15) is 75.4 Å². The maximum Gasteiger partial charge on any atom is 0.251 e. The van der Waals surface area contributed by atoms with Crippen LogP contribution >= 0.6 is 0 Å². The van der Waals surface area contributed by atoms with Crippen molar-refractivity contribution in [2.45, 2.75) is 72.3 Å². The van der Waals surface area contributed by atoms with Crippen molar-refractivity contribution in [1.29, 1.82) is 0 Å². The van der Waals surface area contributed by atoms with Crippen LogP contribution in [-0.2, 0) is 37.3 Å². The number of anilines is 1. The van der Waals surface area contributed by atoms with Crippen molar-refractivity contribution in [2.24, 2.45) is 0 Å². The number of nitrogens with zero attached hydrogens (tertiary/aromatic N) is 5. The smallest absolute Gasteiger partial charge is 0.251 e. The predicted octanol–water partition coefficient (Wildman–Crippen LogP) is 6.44. The molecule has 57 heavy (non-hydrogen) atoms. The van der Waals surface area contributed by atoms with Crippen LogP contribution in [0.15, 0.2) is 66.9 Å². The van der Waals surface area contributed by atoms with Crippen molar-refractivity contribution < 1.29 is 19.1 Å². The predicted molar refractivity (Wildman–Crippen MR) is 227 cm³/mol. The number of pyridine rings is 1. The van der Waals surface area contributed by atoms with Crippen molar-refractivity contribution >= 4 is 28.5 Å². The summed E-state index contributed by atoms with van der Waals surface area (Å²) in [6, 6.07) is 20.0. The summed E-state index contributed by atoms with van der Waals surface area (Å²) in [6.07, 6.45) is 4.36. The van der Waals surface area contributed by atoms with Crippen LogP contribution in [0.4, 0.5) is 5.69 Å². The minimum atomic E-state index is -0.262. The molecule has 3 aromatic carbocycles. The van der Waals surface area contributed by atoms with Crippen molar-refractivity contribution in [1.82, 2.24) is 35.2 Å². The number of amides is 2. The molecule has 302 valence electrons. The van der Waals surface area contributed by atoms with Gasteiger partial charge in [0.1, 0.15) is 5.75 Å². The quantitative estimate of drug-likeness (QED) is 0.0979. The maximum absolute atomic E-state index is 13.8. The molecule has 0 saturated carbocycles. The lowest BCUT2D eigenvalue weighted by molar-refractivity contribution is 0.0904. The van der Waals surface area contributed by atoms with Gasteiger partial charge in [-0.05, 0) is 113 Å². The standard InChI is InChI=1S/C45H58N8O4/c1-8-40-38(42(49-36-15-19-57-20-16-36)39-28-48-53(9-2)43(39)50-40)27-47-45(55)35-22-30(3)21-34(25-35)44(54)46-26-31-13-14-41(56-7)37(24-31)33-12-10-11-32(23-33)29-52(6)18-17-51(4)5/h10-14,21-25,28,36H,8-9,15-20,26-27,29H2,1-7H3,(H,46,54)(H,47,55)(H,49,50). The lowest BCUT2D eigenvalue weighted by atomic mass is 9.99. The molecule has 5 aromatic rings. The first kappa shape index (κ1) is 41.3. The minimum absolute atomic E-state index is 0.248. The molecule has 0 aliphatic carbocycles. The molecule has 0 spiro atoms. The minimum Gasteiger partial charge on any atom is -0.496 e. The third kappa shape index (κ3) is 10.4. The van der Waals surface area contributed by atoms with Gasteiger partial charge in [-0.3, -0.25) is 9.59 Å². The molecule has 2 amide bonds. The molecule has 12 heteroatoms. The van der Waals surface area contributed by atoms with Crippen LogP contribution in [0, 0.1) is 6.92 Å². The molecule has 12 nitrogen and oxygen atoms in total. The molecule has 3 N–H and O–H groups in total. The van der Waals surface area contributed by atoms with Crippen molar-refractivity contribution in [2.75, 3.05) is 59.9 Å². The van der Waals surface area contributed by atoms with Crippen LogP contribution in [0.25, 0.3) is 22.2 Å². The van der Waals surface area contributed by atoms with Crippen LogP contribution in [0.3, 0.4) is 0 Å². The van der Waals surface area contributed by atoms with E-state index in [1.165, 1.54) is 5.56 Å². The number of nitrogens with one attached hydrogen (secondary N) is 3. The number of carbonyl (C=O) groups is 2. The molecule has 1 fully saturated rings. The summed E-state index contributed by atoms with van der Waals surface area (Å²) in [5.41, 5.74) is 9.48. The number of hydrogen-bond donors (Lipinski definition) is 3. The Hall–Kier alpha value is -5.30. The van der Waals surface area contributed by atoms with E-state index in [1.54, 1.807) is 19.2 Å². The lowest BCUT2D eigenvalue weighted by Crippen LogP contribution is -2.30. The van der Waals surface area contributed by atoms with E-state index in [0.29, 0.717) is 43.9 Å². The van der Waals surface area contributed by atoms with Crippen LogP contribution in [0.5, 0.6) is 5.75 Å². The summed E-state index contributed by atoms with van der Waals surface area (Å²) in [5.74, 6) is 0.246. The highest BCUT2D eigenvalue weighted by molar-refractivity contribution is 6.00. The summed E-state index contributed by atoms with van der Waals surface area (Å²) >= 11 is 0. The molecule has 1 aliphatic rings. The van der Waals surface area contributed by atoms with Gasteiger partial charge in [0, 0.05) is 86.5 Å². The Balaban J connectivity index is 1.15. The average molecular weight is 775 g/mol. The number of rotatable bonds is 17. The number of fused-ring (bicyclic) bond motifs is 1. The second-order valence-corrected chi connectivity index (χ2v) is 15.2. The molecule has 0 bridgehead atoms. The van der Waals surface area contributed by atoms with Crippen molar-refractivity contribution in [3.63, 3.8) is 0 Å². The van der Waals surface area contributed by atoms with Crippen LogP contribution in [0.2, 0.25) is 0 Å². The lowest BCUT2D eigenvalue weighted by Gasteiger charge is -2.26. The molecule has 6 rings (SSSR count). The van der Waals surface area contributed by atoms with E-state index in [-0.39, 0.29) is 24.4 Å². The van der Waals surface area contributed by atoms with Crippen molar-refractivity contribution in [3.05, 3.63) is 106 Å². The number of ether oxygens (including phenoxy) is 2. The fourth-order valence-corrected chi connectivity index (χ4v) is 7.39. The first-order valence-electron chi connectivity index (χ1n) is 20.1. The van der Waals surface area contributed by atoms with Crippen LogP contribution < -0.4 is 20.7 Å². The Morgan fingerprint density at radius 2 is 1.65 bits per heavy atom. The number of methoxy groups -OCH3 is 1. The molecule has 2 aromatic heterocycles. The van der Waals surface area contributed by atoms with Gasteiger partial charge < -0.3 is 35.2 Å². The Labute approximate surface area is 336 Å². The van der Waals surface area contributed by atoms with E-state index in [4.69, 9.17) is 14.5 Å². The van der Waals surface area contributed by atoms with Gasteiger partial charge in [-0.25, -0.2) is 9.67 Å². The van der Waals surface area contributed by atoms with Gasteiger partial charge in [0.15, 0.2) is 5.65 Å². The van der Waals surface area contributed by atoms with Gasteiger partial charge >= 0.3 is 0 Å². The fourth-order valence-electron chi connectivity index (χ4n) is 7.39. The summed E-state index contributed by atoms with van der Waals surface area (Å²) in [4.78, 5) is 36.9. The Morgan fingerprint density at radius 3 is 2.33 bits per heavy atom. The summed E-state index contributed by atoms with van der Waals surface area (Å²) in [5, 5.41) is 15.5. The number of carbonyl (C=O) groups excluding carboxylic acids is 2. The molecule has 3 heterocycles. The normalized spacial score (nSPS) is 13.4. The van der Waals surface area contributed by atoms with Gasteiger partial charge in [-0.2, -0.15) is 5.10 Å². The molecule has 0 unspecified atom stereocenters. The molecular formula is C45H58N8O4. The topological polar surface area (TPSA) is 126 Å². The molecule has 0 radical (unpaired) electrons. The molecule has 1 saturated heterocycles. The van der Waals surface area contributed by atoms with Gasteiger partial charge in [0.05, 0.1) is 24.4 Å². The number of aromatic nitrogens is 3. The van der Waals surface area contributed by atoms with Crippen molar-refractivity contribution in [3.8, 4) is 16.9 Å². The van der Waals surface area contributed by atoms with Gasteiger partial charge in [0.25, 0.3) is 11.8 Å². The Morgan fingerprint density at radius 1 is 0.912 bits per heavy atom. The zero-order valence-corrected chi connectivity index (χ0v) is 34.6. The van der Waals surface area contributed by atoms with E-state index < -0.39 is 0 Å². The fraction of sp³-hybridized carbons (Fsp3) is 0.422. The van der Waals surface area contributed by atoms with E-state index in [9.17, 15) is 9.59 Å². The average Bonchev–Trinajstić information content (AvgIpc) is 3.64. The maximum atomic E-state index is 13.8. The highest BCUT2D eigenvalue weighted by atomic mass is 16.5. The monoisotopic (exact) mass is 774 g/mol. The SMILES string of the molecule is CCc1nc2c(cnn2CC)c(NC2CCOCC2)c1CNC(=O)c1cc(C)cc(C(=O)NCc2ccc(OC)c(-c3cccc(CN(C)CCN(C)C)c3)c2)c1. The molecular weight excluding hydrogens is 717 g/mol. The number of aryl methyl sites for hydroxylation is 3. The zero-order valence-electron chi connectivity index (χ0n) is 34.6. The van der Waals surface area contributed by atoms with E-state index >= 15 is 0 Å². The highest BCUT2D eigenvalue weighted by Gasteiger charge is 2.23. The third-order valence-corrected chi connectivity index (χ3v) is 10.5. The zero-order chi connectivity index (χ0) is 40.5. The van der Waals surface area contributed by atoms with Gasteiger partial charge in [-0.15, -0.1) is 0 Å². The highest BCUT2D eigenvalue weighted by Crippen LogP contribution is 2.33. The van der Waals surface area contributed by atoms with Gasteiger partial charge in [0.2, 0.25) is 0 Å². The van der Waals surface area contributed by atoms with E-state index in [2.05, 4.69) is 96.2 Å². The Kier molecular flexibility index (Phi) is 13.9. The van der Waals surface area contributed by atoms with E-state index in [0.717, 1.165) is 88.5 Å². The number of hydrogen-bond acceptors (Lipinski definition) is 9. The number of likely N-dealkylation sites (N-methyl/N-ethyl adjacent to an activating group) is 2. The second-order valence-electron chi connectivity index (χ2n) is 15.2. The van der Waals surface area contributed by atoms with E-state index in [1.807, 2.05) is 36.0 Å². The largest absolute Gasteiger partial charge is 0.496 e. The second kappa shape index (κ2) is 19.2. The van der Waals surface area contributed by atoms with Crippen LogP contribution in [-0.4, -0.2) is 97.0 Å². The molecule has 0 atom stereocenters. The summed E-state index contributed by atoms with van der Waals surface area (Å²) in [6.45, 7) is 11.5. The number of benzene rings is 3. The summed E-state index contributed by atoms with van der Waals surface area (Å²) in [7, 11) is 7.98. The first-order valence-corrected chi connectivity index (χ1v) is 20.1. The van der Waals surface area contributed by atoms with Gasteiger partial charge in [-0.1, -0.05) is 31.2 Å². The molecule has 1 aliphatic heterocycles. The third-order valence-electron chi connectivity index (χ3n) is 10.5. The first-order chi connectivity index (χ1) is 27.6. The Bertz CT molecular complexity index is 2170.